The SMILES string of the molecule is O=C(c1ccnc(-c2ccco2)c1)N1CCOC2(CCCCC2)C1. The van der Waals surface area contributed by atoms with Crippen LogP contribution in [0.4, 0.5) is 0 Å². The monoisotopic (exact) mass is 326 g/mol. The number of pyridine rings is 1. The van der Waals surface area contributed by atoms with Gasteiger partial charge in [0.05, 0.1) is 25.0 Å². The van der Waals surface area contributed by atoms with Gasteiger partial charge in [-0.15, -0.1) is 0 Å². The van der Waals surface area contributed by atoms with Crippen molar-refractivity contribution in [2.75, 3.05) is 19.7 Å². The third-order valence-electron chi connectivity index (χ3n) is 5.08. The van der Waals surface area contributed by atoms with Crippen molar-refractivity contribution in [1.29, 1.82) is 0 Å². The first-order valence-corrected chi connectivity index (χ1v) is 8.69. The molecule has 1 aliphatic heterocycles. The molecule has 0 radical (unpaired) electrons. The van der Waals surface area contributed by atoms with E-state index in [0.717, 1.165) is 12.8 Å². The van der Waals surface area contributed by atoms with Crippen LogP contribution in [-0.2, 0) is 4.74 Å². The van der Waals surface area contributed by atoms with E-state index in [4.69, 9.17) is 9.15 Å². The molecule has 0 aromatic carbocycles. The topological polar surface area (TPSA) is 55.6 Å². The minimum atomic E-state index is -0.122. The van der Waals surface area contributed by atoms with Gasteiger partial charge >= 0.3 is 0 Å². The van der Waals surface area contributed by atoms with Gasteiger partial charge in [-0.25, -0.2) is 0 Å². The molecule has 5 heteroatoms. The van der Waals surface area contributed by atoms with Crippen molar-refractivity contribution in [1.82, 2.24) is 9.88 Å². The van der Waals surface area contributed by atoms with Gasteiger partial charge in [0.1, 0.15) is 5.69 Å². The number of carbonyl (C=O) groups is 1. The smallest absolute Gasteiger partial charge is 0.254 e. The van der Waals surface area contributed by atoms with Crippen molar-refractivity contribution < 1.29 is 13.9 Å². The molecule has 1 saturated carbocycles. The zero-order chi connectivity index (χ0) is 16.4. The van der Waals surface area contributed by atoms with Crippen LogP contribution in [0.2, 0.25) is 0 Å². The van der Waals surface area contributed by atoms with E-state index >= 15 is 0 Å². The Balaban J connectivity index is 1.54. The van der Waals surface area contributed by atoms with E-state index < -0.39 is 0 Å². The second kappa shape index (κ2) is 6.40. The maximum absolute atomic E-state index is 13.0. The number of ether oxygens (including phenoxy) is 1. The summed E-state index contributed by atoms with van der Waals surface area (Å²) in [5.41, 5.74) is 1.22. The number of furan rings is 1. The second-order valence-corrected chi connectivity index (χ2v) is 6.73. The number of aromatic nitrogens is 1. The van der Waals surface area contributed by atoms with Crippen molar-refractivity contribution in [3.05, 3.63) is 42.3 Å². The Labute approximate surface area is 141 Å². The fourth-order valence-corrected chi connectivity index (χ4v) is 3.82. The molecule has 4 rings (SSSR count). The van der Waals surface area contributed by atoms with Crippen LogP contribution < -0.4 is 0 Å². The molecular formula is C19H22N2O3. The number of morpholine rings is 1. The van der Waals surface area contributed by atoms with Gasteiger partial charge in [0.15, 0.2) is 5.76 Å². The summed E-state index contributed by atoms with van der Waals surface area (Å²) >= 11 is 0. The average molecular weight is 326 g/mol. The molecule has 0 atom stereocenters. The van der Waals surface area contributed by atoms with Crippen LogP contribution in [0.3, 0.4) is 0 Å². The number of amides is 1. The number of hydrogen-bond donors (Lipinski definition) is 0. The van der Waals surface area contributed by atoms with Crippen LogP contribution in [0, 0.1) is 0 Å². The molecule has 2 fully saturated rings. The van der Waals surface area contributed by atoms with Crippen molar-refractivity contribution in [3.8, 4) is 11.5 Å². The molecule has 2 aromatic heterocycles. The summed E-state index contributed by atoms with van der Waals surface area (Å²) in [7, 11) is 0. The molecule has 126 valence electrons. The van der Waals surface area contributed by atoms with Crippen molar-refractivity contribution >= 4 is 5.91 Å². The number of hydrogen-bond acceptors (Lipinski definition) is 4. The largest absolute Gasteiger partial charge is 0.463 e. The summed E-state index contributed by atoms with van der Waals surface area (Å²) < 4.78 is 11.5. The number of rotatable bonds is 2. The zero-order valence-corrected chi connectivity index (χ0v) is 13.7. The quantitative estimate of drug-likeness (QED) is 0.847. The maximum atomic E-state index is 13.0. The molecule has 5 nitrogen and oxygen atoms in total. The lowest BCUT2D eigenvalue weighted by molar-refractivity contribution is -0.117. The maximum Gasteiger partial charge on any atom is 0.254 e. The summed E-state index contributed by atoms with van der Waals surface area (Å²) in [5, 5.41) is 0. The van der Waals surface area contributed by atoms with Gasteiger partial charge in [0.25, 0.3) is 5.91 Å². The zero-order valence-electron chi connectivity index (χ0n) is 13.7. The summed E-state index contributed by atoms with van der Waals surface area (Å²) in [5.74, 6) is 0.730. The predicted octanol–water partition coefficient (Wildman–Crippen LogP) is 3.52. The normalized spacial score (nSPS) is 20.2. The Kier molecular flexibility index (Phi) is 4.10. The fraction of sp³-hybridized carbons (Fsp3) is 0.474. The first kappa shape index (κ1) is 15.4. The van der Waals surface area contributed by atoms with E-state index in [9.17, 15) is 4.79 Å². The molecule has 1 aliphatic carbocycles. The Morgan fingerprint density at radius 2 is 2.08 bits per heavy atom. The molecule has 0 bridgehead atoms. The van der Waals surface area contributed by atoms with Crippen LogP contribution in [-0.4, -0.2) is 41.1 Å². The molecule has 1 spiro atoms. The van der Waals surface area contributed by atoms with Gasteiger partial charge in [-0.2, -0.15) is 0 Å². The lowest BCUT2D eigenvalue weighted by Crippen LogP contribution is -2.54. The van der Waals surface area contributed by atoms with Gasteiger partial charge in [-0.05, 0) is 37.1 Å². The summed E-state index contributed by atoms with van der Waals surface area (Å²) in [6.45, 7) is 1.98. The second-order valence-electron chi connectivity index (χ2n) is 6.73. The molecule has 1 amide bonds. The summed E-state index contributed by atoms with van der Waals surface area (Å²) in [6.07, 6.45) is 9.06. The highest BCUT2D eigenvalue weighted by Crippen LogP contribution is 2.34. The molecular weight excluding hydrogens is 304 g/mol. The van der Waals surface area contributed by atoms with E-state index in [0.29, 0.717) is 36.7 Å². The van der Waals surface area contributed by atoms with Crippen molar-refractivity contribution in [2.45, 2.75) is 37.7 Å². The van der Waals surface area contributed by atoms with Crippen molar-refractivity contribution in [3.63, 3.8) is 0 Å². The third-order valence-corrected chi connectivity index (χ3v) is 5.08. The lowest BCUT2D eigenvalue weighted by atomic mass is 9.83. The van der Waals surface area contributed by atoms with Gasteiger partial charge in [-0.1, -0.05) is 19.3 Å². The summed E-state index contributed by atoms with van der Waals surface area (Å²) in [4.78, 5) is 19.2. The Morgan fingerprint density at radius 3 is 2.88 bits per heavy atom. The van der Waals surface area contributed by atoms with Gasteiger partial charge in [0.2, 0.25) is 0 Å². The highest BCUT2D eigenvalue weighted by Gasteiger charge is 2.39. The predicted molar refractivity (Wildman–Crippen MR) is 89.6 cm³/mol. The van der Waals surface area contributed by atoms with Gasteiger partial charge < -0.3 is 14.1 Å². The molecule has 24 heavy (non-hydrogen) atoms. The highest BCUT2D eigenvalue weighted by atomic mass is 16.5. The van der Waals surface area contributed by atoms with E-state index in [1.165, 1.54) is 19.3 Å². The first-order valence-electron chi connectivity index (χ1n) is 8.69. The number of carbonyl (C=O) groups excluding carboxylic acids is 1. The van der Waals surface area contributed by atoms with Crippen LogP contribution in [0.15, 0.2) is 41.1 Å². The van der Waals surface area contributed by atoms with Crippen LogP contribution >= 0.6 is 0 Å². The lowest BCUT2D eigenvalue weighted by Gasteiger charge is -2.45. The van der Waals surface area contributed by atoms with Gasteiger partial charge in [-0.3, -0.25) is 9.78 Å². The molecule has 2 aliphatic rings. The molecule has 0 unspecified atom stereocenters. The fourth-order valence-electron chi connectivity index (χ4n) is 3.82. The van der Waals surface area contributed by atoms with E-state index in [-0.39, 0.29) is 11.5 Å². The highest BCUT2D eigenvalue weighted by molar-refractivity contribution is 5.95. The minimum Gasteiger partial charge on any atom is -0.463 e. The third kappa shape index (κ3) is 2.96. The van der Waals surface area contributed by atoms with Crippen LogP contribution in [0.5, 0.6) is 0 Å². The van der Waals surface area contributed by atoms with E-state index in [2.05, 4.69) is 4.98 Å². The Hall–Kier alpha value is -2.14. The minimum absolute atomic E-state index is 0.0541. The Bertz CT molecular complexity index is 700. The van der Waals surface area contributed by atoms with E-state index in [1.807, 2.05) is 23.1 Å². The molecule has 1 saturated heterocycles. The average Bonchev–Trinajstić information content (AvgIpc) is 3.17. The summed E-state index contributed by atoms with van der Waals surface area (Å²) in [6, 6.07) is 7.25. The van der Waals surface area contributed by atoms with Crippen molar-refractivity contribution in [2.24, 2.45) is 0 Å². The Morgan fingerprint density at radius 1 is 1.21 bits per heavy atom. The first-order chi connectivity index (χ1) is 11.8. The van der Waals surface area contributed by atoms with E-state index in [1.54, 1.807) is 18.5 Å². The molecule has 0 N–H and O–H groups in total. The van der Waals surface area contributed by atoms with Crippen LogP contribution in [0.1, 0.15) is 42.5 Å². The standard InChI is InChI=1S/C19H22N2O3/c22-18(15-6-9-20-16(13-15)17-5-4-11-23-17)21-10-12-24-19(14-21)7-2-1-3-8-19/h4-6,9,11,13H,1-3,7-8,10,12,14H2. The molecule has 3 heterocycles. The van der Waals surface area contributed by atoms with Crippen LogP contribution in [0.25, 0.3) is 11.5 Å². The number of nitrogens with zero attached hydrogens (tertiary/aromatic N) is 2. The molecule has 2 aromatic rings. The van der Waals surface area contributed by atoms with Gasteiger partial charge in [0, 0.05) is 18.3 Å².